The van der Waals surface area contributed by atoms with Crippen LogP contribution in [0.15, 0.2) is 36.9 Å². The van der Waals surface area contributed by atoms with Gasteiger partial charge in [0, 0.05) is 50.0 Å². The van der Waals surface area contributed by atoms with E-state index in [-0.39, 0.29) is 11.9 Å². The number of amides is 1. The molecule has 7 nitrogen and oxygen atoms in total. The molecule has 138 valence electrons. The summed E-state index contributed by atoms with van der Waals surface area (Å²) in [7, 11) is 3.77. The first-order valence-electron chi connectivity index (χ1n) is 8.90. The summed E-state index contributed by atoms with van der Waals surface area (Å²) in [5, 5.41) is 0. The molecule has 0 aliphatic carbocycles. The predicted octanol–water partition coefficient (Wildman–Crippen LogP) is 1.72. The standard InChI is InChI=1S/C19H25N5O2/c1-23-9-5-17(6-10-23)24(11-12-26-2)19(25)16-13-21-18(22-14-16)15-3-7-20-8-4-15/h3-4,7-8,13-14,17H,5-6,9-12H2,1-2H3. The molecule has 1 aliphatic heterocycles. The van der Waals surface area contributed by atoms with Gasteiger partial charge in [-0.2, -0.15) is 0 Å². The lowest BCUT2D eigenvalue weighted by atomic mass is 10.0. The Morgan fingerprint density at radius 2 is 1.88 bits per heavy atom. The number of hydrogen-bond acceptors (Lipinski definition) is 6. The Kier molecular flexibility index (Phi) is 6.25. The van der Waals surface area contributed by atoms with Crippen molar-refractivity contribution in [1.29, 1.82) is 0 Å². The maximum absolute atomic E-state index is 13.0. The molecule has 1 fully saturated rings. The second-order valence-electron chi connectivity index (χ2n) is 6.56. The van der Waals surface area contributed by atoms with Gasteiger partial charge in [0.1, 0.15) is 0 Å². The van der Waals surface area contributed by atoms with E-state index in [1.165, 1.54) is 0 Å². The number of pyridine rings is 1. The molecule has 0 spiro atoms. The van der Waals surface area contributed by atoms with Gasteiger partial charge < -0.3 is 14.5 Å². The molecule has 7 heteroatoms. The van der Waals surface area contributed by atoms with Gasteiger partial charge in [-0.3, -0.25) is 9.78 Å². The molecule has 0 radical (unpaired) electrons. The van der Waals surface area contributed by atoms with Crippen LogP contribution >= 0.6 is 0 Å². The molecule has 0 saturated carbocycles. The number of aromatic nitrogens is 3. The summed E-state index contributed by atoms with van der Waals surface area (Å²) in [4.78, 5) is 30.0. The van der Waals surface area contributed by atoms with Gasteiger partial charge in [0.25, 0.3) is 5.91 Å². The number of nitrogens with zero attached hydrogens (tertiary/aromatic N) is 5. The minimum absolute atomic E-state index is 0.0297. The molecule has 3 heterocycles. The lowest BCUT2D eigenvalue weighted by molar-refractivity contribution is 0.0504. The smallest absolute Gasteiger partial charge is 0.257 e. The van der Waals surface area contributed by atoms with E-state index in [0.29, 0.717) is 24.5 Å². The highest BCUT2D eigenvalue weighted by Crippen LogP contribution is 2.19. The third kappa shape index (κ3) is 4.42. The molecule has 2 aromatic heterocycles. The molecule has 0 atom stereocenters. The molecule has 0 unspecified atom stereocenters. The van der Waals surface area contributed by atoms with Gasteiger partial charge in [0.2, 0.25) is 0 Å². The Hall–Kier alpha value is -2.38. The lowest BCUT2D eigenvalue weighted by Gasteiger charge is -2.37. The van der Waals surface area contributed by atoms with E-state index in [1.54, 1.807) is 31.9 Å². The van der Waals surface area contributed by atoms with Crippen molar-refractivity contribution >= 4 is 5.91 Å². The fraction of sp³-hybridized carbons (Fsp3) is 0.474. The molecule has 0 bridgehead atoms. The van der Waals surface area contributed by atoms with E-state index in [0.717, 1.165) is 31.5 Å². The van der Waals surface area contributed by atoms with Crippen LogP contribution in [0.4, 0.5) is 0 Å². The first kappa shape index (κ1) is 18.4. The minimum Gasteiger partial charge on any atom is -0.383 e. The summed E-state index contributed by atoms with van der Waals surface area (Å²) in [6.07, 6.45) is 8.57. The zero-order valence-corrected chi connectivity index (χ0v) is 15.3. The van der Waals surface area contributed by atoms with Crippen LogP contribution in [0.5, 0.6) is 0 Å². The number of ether oxygens (including phenoxy) is 1. The van der Waals surface area contributed by atoms with E-state index in [2.05, 4.69) is 26.9 Å². The van der Waals surface area contributed by atoms with E-state index in [4.69, 9.17) is 4.74 Å². The van der Waals surface area contributed by atoms with Crippen molar-refractivity contribution in [3.8, 4) is 11.4 Å². The molecule has 1 amide bonds. The van der Waals surface area contributed by atoms with Crippen molar-refractivity contribution in [2.24, 2.45) is 0 Å². The molecule has 2 aromatic rings. The van der Waals surface area contributed by atoms with Gasteiger partial charge in [-0.15, -0.1) is 0 Å². The molecular formula is C19H25N5O2. The number of likely N-dealkylation sites (tertiary alicyclic amines) is 1. The molecular weight excluding hydrogens is 330 g/mol. The third-order valence-corrected chi connectivity index (χ3v) is 4.76. The van der Waals surface area contributed by atoms with Crippen LogP contribution in [-0.2, 0) is 4.74 Å². The first-order valence-corrected chi connectivity index (χ1v) is 8.90. The molecule has 0 N–H and O–H groups in total. The zero-order valence-electron chi connectivity index (χ0n) is 15.3. The topological polar surface area (TPSA) is 71.5 Å². The summed E-state index contributed by atoms with van der Waals surface area (Å²) < 4.78 is 5.21. The van der Waals surface area contributed by atoms with Crippen molar-refractivity contribution in [2.75, 3.05) is 40.4 Å². The number of carbonyl (C=O) groups is 1. The summed E-state index contributed by atoms with van der Waals surface area (Å²) in [5.41, 5.74) is 1.39. The second-order valence-corrected chi connectivity index (χ2v) is 6.56. The van der Waals surface area contributed by atoms with Crippen molar-refractivity contribution in [1.82, 2.24) is 24.8 Å². The molecule has 1 aliphatic rings. The van der Waals surface area contributed by atoms with Crippen LogP contribution in [-0.4, -0.2) is 77.1 Å². The van der Waals surface area contributed by atoms with Crippen LogP contribution in [0, 0.1) is 0 Å². The highest BCUT2D eigenvalue weighted by Gasteiger charge is 2.27. The summed E-state index contributed by atoms with van der Waals surface area (Å²) in [6.45, 7) is 3.10. The average Bonchev–Trinajstić information content (AvgIpc) is 2.70. The van der Waals surface area contributed by atoms with Gasteiger partial charge >= 0.3 is 0 Å². The van der Waals surface area contributed by atoms with E-state index in [9.17, 15) is 4.79 Å². The van der Waals surface area contributed by atoms with Crippen LogP contribution in [0.3, 0.4) is 0 Å². The molecule has 26 heavy (non-hydrogen) atoms. The van der Waals surface area contributed by atoms with Crippen LogP contribution in [0.2, 0.25) is 0 Å². The van der Waals surface area contributed by atoms with Crippen molar-refractivity contribution < 1.29 is 9.53 Å². The SMILES string of the molecule is COCCN(C(=O)c1cnc(-c2ccncc2)nc1)C1CCN(C)CC1. The van der Waals surface area contributed by atoms with Crippen LogP contribution in [0.25, 0.3) is 11.4 Å². The average molecular weight is 355 g/mol. The van der Waals surface area contributed by atoms with E-state index >= 15 is 0 Å². The fourth-order valence-corrected chi connectivity index (χ4v) is 3.20. The number of methoxy groups -OCH3 is 1. The van der Waals surface area contributed by atoms with Crippen LogP contribution in [0.1, 0.15) is 23.2 Å². The molecule has 1 saturated heterocycles. The summed E-state index contributed by atoms with van der Waals surface area (Å²) in [5.74, 6) is 0.560. The second kappa shape index (κ2) is 8.82. The highest BCUT2D eigenvalue weighted by atomic mass is 16.5. The molecule has 0 aromatic carbocycles. The Morgan fingerprint density at radius 3 is 2.50 bits per heavy atom. The van der Waals surface area contributed by atoms with Crippen LogP contribution < -0.4 is 0 Å². The third-order valence-electron chi connectivity index (χ3n) is 4.76. The largest absolute Gasteiger partial charge is 0.383 e. The molecule has 3 rings (SSSR count). The van der Waals surface area contributed by atoms with E-state index in [1.807, 2.05) is 17.0 Å². The fourth-order valence-electron chi connectivity index (χ4n) is 3.20. The Bertz CT molecular complexity index is 700. The number of carbonyl (C=O) groups excluding carboxylic acids is 1. The Labute approximate surface area is 154 Å². The number of hydrogen-bond donors (Lipinski definition) is 0. The lowest BCUT2D eigenvalue weighted by Crippen LogP contribution is -2.47. The zero-order chi connectivity index (χ0) is 18.4. The maximum Gasteiger partial charge on any atom is 0.257 e. The predicted molar refractivity (Wildman–Crippen MR) is 98.7 cm³/mol. The normalized spacial score (nSPS) is 15.8. The minimum atomic E-state index is -0.0297. The summed E-state index contributed by atoms with van der Waals surface area (Å²) in [6, 6.07) is 3.93. The van der Waals surface area contributed by atoms with Gasteiger partial charge in [-0.1, -0.05) is 0 Å². The Morgan fingerprint density at radius 1 is 1.23 bits per heavy atom. The monoisotopic (exact) mass is 355 g/mol. The van der Waals surface area contributed by atoms with Gasteiger partial charge in [-0.25, -0.2) is 9.97 Å². The van der Waals surface area contributed by atoms with Crippen molar-refractivity contribution in [3.05, 3.63) is 42.5 Å². The van der Waals surface area contributed by atoms with Crippen molar-refractivity contribution in [2.45, 2.75) is 18.9 Å². The first-order chi connectivity index (χ1) is 12.7. The number of rotatable bonds is 6. The quantitative estimate of drug-likeness (QED) is 0.786. The Balaban J connectivity index is 1.75. The summed E-state index contributed by atoms with van der Waals surface area (Å²) >= 11 is 0. The number of piperidine rings is 1. The van der Waals surface area contributed by atoms with Gasteiger partial charge in [0.15, 0.2) is 5.82 Å². The maximum atomic E-state index is 13.0. The van der Waals surface area contributed by atoms with Gasteiger partial charge in [0.05, 0.1) is 12.2 Å². The van der Waals surface area contributed by atoms with Gasteiger partial charge in [-0.05, 0) is 45.1 Å². The van der Waals surface area contributed by atoms with E-state index < -0.39 is 0 Å². The van der Waals surface area contributed by atoms with Crippen molar-refractivity contribution in [3.63, 3.8) is 0 Å². The highest BCUT2D eigenvalue weighted by molar-refractivity contribution is 5.94.